The molecule has 39 heavy (non-hydrogen) atoms. The molecule has 0 fully saturated rings. The summed E-state index contributed by atoms with van der Waals surface area (Å²) < 4.78 is 6.17. The SMILES string of the molecule is CCCCCC(c1nc2ccccc2[nH]1)N(Cc1ccc(Cl)cc1Cl)Cc1c(OCC)ccc2ccccc12. The van der Waals surface area contributed by atoms with Crippen LogP contribution in [0.3, 0.4) is 0 Å². The predicted molar refractivity (Wildman–Crippen MR) is 164 cm³/mol. The highest BCUT2D eigenvalue weighted by Crippen LogP contribution is 2.36. The lowest BCUT2D eigenvalue weighted by Crippen LogP contribution is -2.29. The summed E-state index contributed by atoms with van der Waals surface area (Å²) in [4.78, 5) is 11.2. The van der Waals surface area contributed by atoms with Crippen LogP contribution in [0.25, 0.3) is 21.8 Å². The van der Waals surface area contributed by atoms with Gasteiger partial charge >= 0.3 is 0 Å². The Morgan fingerprint density at radius 3 is 2.51 bits per heavy atom. The number of hydrogen-bond donors (Lipinski definition) is 1. The largest absolute Gasteiger partial charge is 0.494 e. The summed E-state index contributed by atoms with van der Waals surface area (Å²) in [6, 6.07) is 26.8. The van der Waals surface area contributed by atoms with E-state index in [0.29, 0.717) is 29.7 Å². The molecular formula is C33H35Cl2N3O. The number of ether oxygens (including phenoxy) is 1. The number of unbranched alkanes of at least 4 members (excludes halogenated alkanes) is 2. The van der Waals surface area contributed by atoms with Gasteiger partial charge < -0.3 is 9.72 Å². The van der Waals surface area contributed by atoms with Gasteiger partial charge in [0.1, 0.15) is 11.6 Å². The van der Waals surface area contributed by atoms with Gasteiger partial charge in [-0.3, -0.25) is 4.90 Å². The van der Waals surface area contributed by atoms with Gasteiger partial charge in [0.15, 0.2) is 0 Å². The molecule has 4 nitrogen and oxygen atoms in total. The van der Waals surface area contributed by atoms with E-state index >= 15 is 0 Å². The molecule has 0 saturated carbocycles. The molecule has 0 aliphatic heterocycles. The van der Waals surface area contributed by atoms with Crippen molar-refractivity contribution in [1.82, 2.24) is 14.9 Å². The second kappa shape index (κ2) is 12.9. The number of imidazole rings is 1. The number of halogens is 2. The summed E-state index contributed by atoms with van der Waals surface area (Å²) in [5.74, 6) is 1.90. The summed E-state index contributed by atoms with van der Waals surface area (Å²) in [7, 11) is 0. The van der Waals surface area contributed by atoms with Crippen molar-refractivity contribution in [3.05, 3.63) is 106 Å². The second-order valence-corrected chi connectivity index (χ2v) is 10.8. The smallest absolute Gasteiger partial charge is 0.124 e. The van der Waals surface area contributed by atoms with Gasteiger partial charge in [0, 0.05) is 28.7 Å². The van der Waals surface area contributed by atoms with E-state index in [1.54, 1.807) is 0 Å². The number of rotatable bonds is 12. The zero-order valence-electron chi connectivity index (χ0n) is 22.6. The first kappa shape index (κ1) is 27.5. The third kappa shape index (κ3) is 6.41. The van der Waals surface area contributed by atoms with Crippen LogP contribution in [0.4, 0.5) is 0 Å². The van der Waals surface area contributed by atoms with Gasteiger partial charge in [0.2, 0.25) is 0 Å². The summed E-state index contributed by atoms with van der Waals surface area (Å²) in [5, 5.41) is 3.71. The summed E-state index contributed by atoms with van der Waals surface area (Å²) in [5.41, 5.74) is 4.25. The Bertz CT molecular complexity index is 1510. The Hall–Kier alpha value is -3.05. The Kier molecular flexibility index (Phi) is 9.08. The van der Waals surface area contributed by atoms with Crippen molar-refractivity contribution in [2.75, 3.05) is 6.61 Å². The minimum atomic E-state index is 0.0594. The molecule has 1 aromatic heterocycles. The minimum Gasteiger partial charge on any atom is -0.494 e. The Labute approximate surface area is 240 Å². The normalized spacial score (nSPS) is 12.4. The average molecular weight is 561 g/mol. The summed E-state index contributed by atoms with van der Waals surface area (Å²) >= 11 is 13.0. The molecule has 1 atom stereocenters. The van der Waals surface area contributed by atoms with Crippen molar-refractivity contribution in [3.63, 3.8) is 0 Å². The number of fused-ring (bicyclic) bond motifs is 2. The number of hydrogen-bond acceptors (Lipinski definition) is 3. The van der Waals surface area contributed by atoms with Gasteiger partial charge in [0.25, 0.3) is 0 Å². The number of para-hydroxylation sites is 2. The molecule has 0 bridgehead atoms. The minimum absolute atomic E-state index is 0.0594. The molecule has 5 rings (SSSR count). The van der Waals surface area contributed by atoms with E-state index in [0.717, 1.165) is 47.4 Å². The van der Waals surface area contributed by atoms with Crippen molar-refractivity contribution in [3.8, 4) is 5.75 Å². The number of nitrogens with one attached hydrogen (secondary N) is 1. The first-order valence-electron chi connectivity index (χ1n) is 13.8. The van der Waals surface area contributed by atoms with Crippen molar-refractivity contribution >= 4 is 45.0 Å². The molecule has 1 unspecified atom stereocenters. The van der Waals surface area contributed by atoms with Gasteiger partial charge in [0.05, 0.1) is 23.7 Å². The lowest BCUT2D eigenvalue weighted by molar-refractivity contribution is 0.158. The van der Waals surface area contributed by atoms with Crippen molar-refractivity contribution < 1.29 is 4.74 Å². The molecule has 0 radical (unpaired) electrons. The maximum Gasteiger partial charge on any atom is 0.124 e. The van der Waals surface area contributed by atoms with Crippen LogP contribution in [0.1, 0.15) is 62.5 Å². The molecule has 5 aromatic rings. The third-order valence-corrected chi connectivity index (χ3v) is 7.88. The number of nitrogens with zero attached hydrogens (tertiary/aromatic N) is 2. The number of H-pyrrole nitrogens is 1. The summed E-state index contributed by atoms with van der Waals surface area (Å²) in [6.07, 6.45) is 4.42. The van der Waals surface area contributed by atoms with Crippen molar-refractivity contribution in [2.45, 2.75) is 58.7 Å². The molecule has 6 heteroatoms. The number of benzene rings is 4. The van der Waals surface area contributed by atoms with Crippen molar-refractivity contribution in [1.29, 1.82) is 0 Å². The zero-order valence-corrected chi connectivity index (χ0v) is 24.1. The highest BCUT2D eigenvalue weighted by atomic mass is 35.5. The van der Waals surface area contributed by atoms with Crippen LogP contribution in [0.2, 0.25) is 10.0 Å². The molecule has 202 valence electrons. The van der Waals surface area contributed by atoms with Crippen LogP contribution in [0.15, 0.2) is 78.9 Å². The lowest BCUT2D eigenvalue weighted by Gasteiger charge is -2.32. The van der Waals surface area contributed by atoms with Crippen LogP contribution in [-0.2, 0) is 13.1 Å². The van der Waals surface area contributed by atoms with Crippen LogP contribution < -0.4 is 4.74 Å². The van der Waals surface area contributed by atoms with Gasteiger partial charge in [-0.15, -0.1) is 0 Å². The number of aromatic amines is 1. The van der Waals surface area contributed by atoms with Crippen molar-refractivity contribution in [2.24, 2.45) is 0 Å². The standard InChI is InChI=1S/C33H35Cl2N3O/c1-3-5-6-15-31(33-36-29-13-9-10-14-30(29)37-33)38(21-24-16-18-25(34)20-28(24)35)22-27-26-12-8-7-11-23(26)17-19-32(27)39-4-2/h7-14,16-20,31H,3-6,15,21-22H2,1-2H3,(H,36,37). The molecule has 0 spiro atoms. The van der Waals surface area contributed by atoms with Gasteiger partial charge in [-0.25, -0.2) is 4.98 Å². The first-order chi connectivity index (χ1) is 19.1. The fourth-order valence-electron chi connectivity index (χ4n) is 5.33. The van der Waals surface area contributed by atoms with Gasteiger partial charge in [-0.2, -0.15) is 0 Å². The topological polar surface area (TPSA) is 41.2 Å². The average Bonchev–Trinajstić information content (AvgIpc) is 3.37. The van der Waals surface area contributed by atoms with Crippen LogP contribution >= 0.6 is 23.2 Å². The Balaban J connectivity index is 1.63. The Morgan fingerprint density at radius 2 is 1.72 bits per heavy atom. The molecule has 0 saturated heterocycles. The second-order valence-electron chi connectivity index (χ2n) is 9.99. The maximum atomic E-state index is 6.74. The molecule has 0 aliphatic rings. The highest BCUT2D eigenvalue weighted by Gasteiger charge is 2.26. The van der Waals surface area contributed by atoms with E-state index in [9.17, 15) is 0 Å². The number of aromatic nitrogens is 2. The molecule has 0 aliphatic carbocycles. The van der Waals surface area contributed by atoms with E-state index in [1.165, 1.54) is 22.8 Å². The fourth-order valence-corrected chi connectivity index (χ4v) is 5.80. The van der Waals surface area contributed by atoms with E-state index in [1.807, 2.05) is 37.3 Å². The van der Waals surface area contributed by atoms with E-state index in [-0.39, 0.29) is 6.04 Å². The molecule has 0 amide bonds. The monoisotopic (exact) mass is 559 g/mol. The first-order valence-corrected chi connectivity index (χ1v) is 14.6. The van der Waals surface area contributed by atoms with Crippen LogP contribution in [0.5, 0.6) is 5.75 Å². The van der Waals surface area contributed by atoms with Gasteiger partial charge in [-0.1, -0.05) is 97.9 Å². The Morgan fingerprint density at radius 1 is 0.897 bits per heavy atom. The van der Waals surface area contributed by atoms with Crippen LogP contribution in [0, 0.1) is 0 Å². The van der Waals surface area contributed by atoms with Crippen LogP contribution in [-0.4, -0.2) is 21.5 Å². The van der Waals surface area contributed by atoms with Gasteiger partial charge in [-0.05, 0) is 60.0 Å². The van der Waals surface area contributed by atoms with E-state index in [4.69, 9.17) is 32.9 Å². The molecular weight excluding hydrogens is 525 g/mol. The third-order valence-electron chi connectivity index (χ3n) is 7.29. The van der Waals surface area contributed by atoms with E-state index in [2.05, 4.69) is 65.3 Å². The lowest BCUT2D eigenvalue weighted by atomic mass is 10.00. The molecule has 1 heterocycles. The molecule has 4 aromatic carbocycles. The maximum absolute atomic E-state index is 6.74. The van der Waals surface area contributed by atoms with E-state index < -0.39 is 0 Å². The predicted octanol–water partition coefficient (Wildman–Crippen LogP) is 9.75. The highest BCUT2D eigenvalue weighted by molar-refractivity contribution is 6.35. The zero-order chi connectivity index (χ0) is 27.2. The molecule has 1 N–H and O–H groups in total. The summed E-state index contributed by atoms with van der Waals surface area (Å²) in [6.45, 7) is 6.22. The fraction of sp³-hybridized carbons (Fsp3) is 0.303. The quantitative estimate of drug-likeness (QED) is 0.154.